The average Bonchev–Trinajstić information content (AvgIpc) is 2.61. The third kappa shape index (κ3) is 5.69. The maximum Gasteiger partial charge on any atom is 0.416 e. The molecule has 0 spiro atoms. The minimum Gasteiger partial charge on any atom is -0.393 e. The Hall–Kier alpha value is -1.63. The van der Waals surface area contributed by atoms with E-state index in [1.807, 2.05) is 38.1 Å². The zero-order chi connectivity index (χ0) is 18.3. The number of benzene rings is 2. The van der Waals surface area contributed by atoms with E-state index in [4.69, 9.17) is 8.85 Å². The Morgan fingerprint density at radius 1 is 0.840 bits per heavy atom. The summed E-state index contributed by atoms with van der Waals surface area (Å²) in [5, 5.41) is 0.998. The van der Waals surface area contributed by atoms with Gasteiger partial charge in [0.15, 0.2) is 0 Å². The summed E-state index contributed by atoms with van der Waals surface area (Å²) in [4.78, 5) is 0. The Balaban J connectivity index is 2.20. The molecule has 0 aliphatic rings. The highest BCUT2D eigenvalue weighted by Crippen LogP contribution is 2.31. The molecule has 0 saturated heterocycles. The van der Waals surface area contributed by atoms with Crippen LogP contribution in [0, 0.1) is 0 Å². The van der Waals surface area contributed by atoms with Crippen molar-refractivity contribution in [3.05, 3.63) is 54.1 Å². The highest BCUT2D eigenvalue weighted by Gasteiger charge is 2.30. The standard InChI is InChI=1S/C19H23F3O2Si/c1-3-12-23-25(24-13-4-2)18-10-8-15(9-11-18)16-6-5-7-17(14-16)19(20,21)22/h5-11,14,25H,3-4,12-13H2,1-2H3. The molecule has 0 aromatic heterocycles. The van der Waals surface area contributed by atoms with E-state index in [9.17, 15) is 13.2 Å². The van der Waals surface area contributed by atoms with E-state index in [0.29, 0.717) is 18.8 Å². The highest BCUT2D eigenvalue weighted by molar-refractivity contribution is 6.61. The van der Waals surface area contributed by atoms with Crippen LogP contribution in [0.3, 0.4) is 0 Å². The van der Waals surface area contributed by atoms with Gasteiger partial charge in [-0.05, 0) is 41.3 Å². The van der Waals surface area contributed by atoms with Crippen LogP contribution in [0.1, 0.15) is 32.3 Å². The fourth-order valence-corrected chi connectivity index (χ4v) is 4.29. The van der Waals surface area contributed by atoms with Gasteiger partial charge in [-0.1, -0.05) is 50.2 Å². The second kappa shape index (κ2) is 9.17. The number of alkyl halides is 3. The largest absolute Gasteiger partial charge is 0.416 e. The van der Waals surface area contributed by atoms with E-state index in [1.54, 1.807) is 6.07 Å². The Labute approximate surface area is 148 Å². The number of hydrogen-bond acceptors (Lipinski definition) is 2. The van der Waals surface area contributed by atoms with E-state index in [-0.39, 0.29) is 0 Å². The molecule has 0 N–H and O–H groups in total. The quantitative estimate of drug-likeness (QED) is 0.631. The summed E-state index contributed by atoms with van der Waals surface area (Å²) in [6, 6.07) is 12.8. The zero-order valence-corrected chi connectivity index (χ0v) is 15.6. The van der Waals surface area contributed by atoms with Crippen LogP contribution in [0.5, 0.6) is 0 Å². The molecule has 0 atom stereocenters. The van der Waals surface area contributed by atoms with Gasteiger partial charge in [-0.3, -0.25) is 0 Å². The van der Waals surface area contributed by atoms with Crippen LogP contribution in [0.25, 0.3) is 11.1 Å². The molecule has 0 fully saturated rings. The van der Waals surface area contributed by atoms with Crippen LogP contribution < -0.4 is 5.19 Å². The predicted octanol–water partition coefficient (Wildman–Crippen LogP) is 4.65. The lowest BCUT2D eigenvalue weighted by atomic mass is 10.0. The van der Waals surface area contributed by atoms with Gasteiger partial charge in [0, 0.05) is 13.2 Å². The molecule has 0 aliphatic carbocycles. The molecule has 25 heavy (non-hydrogen) atoms. The first-order valence-electron chi connectivity index (χ1n) is 8.46. The van der Waals surface area contributed by atoms with Crippen molar-refractivity contribution in [1.29, 1.82) is 0 Å². The second-order valence-corrected chi connectivity index (χ2v) is 7.77. The molecule has 0 unspecified atom stereocenters. The van der Waals surface area contributed by atoms with Crippen molar-refractivity contribution in [3.8, 4) is 11.1 Å². The molecule has 0 bridgehead atoms. The van der Waals surface area contributed by atoms with Gasteiger partial charge in [0.1, 0.15) is 0 Å². The lowest BCUT2D eigenvalue weighted by molar-refractivity contribution is -0.137. The van der Waals surface area contributed by atoms with Crippen LogP contribution in [0.15, 0.2) is 48.5 Å². The third-order valence-electron chi connectivity index (χ3n) is 3.65. The summed E-state index contributed by atoms with van der Waals surface area (Å²) in [5.41, 5.74) is 0.649. The van der Waals surface area contributed by atoms with E-state index >= 15 is 0 Å². The smallest absolute Gasteiger partial charge is 0.393 e. The summed E-state index contributed by atoms with van der Waals surface area (Å²) in [6.07, 6.45) is -2.50. The summed E-state index contributed by atoms with van der Waals surface area (Å²) in [7, 11) is -1.96. The Kier molecular flexibility index (Phi) is 7.22. The van der Waals surface area contributed by atoms with Gasteiger partial charge in [-0.15, -0.1) is 0 Å². The van der Waals surface area contributed by atoms with Crippen LogP contribution in [0.4, 0.5) is 13.2 Å². The first kappa shape index (κ1) is 19.7. The summed E-state index contributed by atoms with van der Waals surface area (Å²) < 4.78 is 50.3. The van der Waals surface area contributed by atoms with Crippen molar-refractivity contribution in [2.45, 2.75) is 32.9 Å². The minimum atomic E-state index is -4.34. The van der Waals surface area contributed by atoms with Crippen LogP contribution in [0.2, 0.25) is 0 Å². The molecule has 0 heterocycles. The SMILES string of the molecule is CCCO[SiH](OCCC)c1ccc(-c2cccc(C(F)(F)F)c2)cc1. The average molecular weight is 368 g/mol. The van der Waals surface area contributed by atoms with Gasteiger partial charge in [0.2, 0.25) is 0 Å². The van der Waals surface area contributed by atoms with E-state index in [1.165, 1.54) is 12.1 Å². The zero-order valence-electron chi connectivity index (χ0n) is 14.5. The van der Waals surface area contributed by atoms with Crippen molar-refractivity contribution in [2.75, 3.05) is 13.2 Å². The summed E-state index contributed by atoms with van der Waals surface area (Å²) >= 11 is 0. The molecule has 0 aliphatic heterocycles. The van der Waals surface area contributed by atoms with Crippen molar-refractivity contribution in [1.82, 2.24) is 0 Å². The van der Waals surface area contributed by atoms with Crippen LogP contribution >= 0.6 is 0 Å². The summed E-state index contributed by atoms with van der Waals surface area (Å²) in [6.45, 7) is 5.38. The van der Waals surface area contributed by atoms with Gasteiger partial charge in [0.25, 0.3) is 0 Å². The van der Waals surface area contributed by atoms with E-state index in [0.717, 1.165) is 29.7 Å². The minimum absolute atomic E-state index is 0.545. The molecule has 0 amide bonds. The maximum atomic E-state index is 12.9. The second-order valence-electron chi connectivity index (χ2n) is 5.77. The number of hydrogen-bond donors (Lipinski definition) is 0. The fraction of sp³-hybridized carbons (Fsp3) is 0.368. The van der Waals surface area contributed by atoms with E-state index < -0.39 is 21.0 Å². The van der Waals surface area contributed by atoms with Crippen LogP contribution in [-0.2, 0) is 15.0 Å². The van der Waals surface area contributed by atoms with Crippen LogP contribution in [-0.4, -0.2) is 22.5 Å². The Morgan fingerprint density at radius 3 is 1.96 bits per heavy atom. The van der Waals surface area contributed by atoms with Crippen molar-refractivity contribution >= 4 is 14.5 Å². The van der Waals surface area contributed by atoms with Crippen molar-refractivity contribution in [3.63, 3.8) is 0 Å². The Morgan fingerprint density at radius 2 is 1.44 bits per heavy atom. The molecular weight excluding hydrogens is 345 g/mol. The van der Waals surface area contributed by atoms with Gasteiger partial charge in [0.05, 0.1) is 5.56 Å². The summed E-state index contributed by atoms with van der Waals surface area (Å²) in [5.74, 6) is 0. The number of rotatable bonds is 8. The van der Waals surface area contributed by atoms with Gasteiger partial charge >= 0.3 is 15.5 Å². The molecular formula is C19H23F3O2Si. The third-order valence-corrected chi connectivity index (χ3v) is 5.66. The normalized spacial score (nSPS) is 11.9. The molecule has 0 saturated carbocycles. The van der Waals surface area contributed by atoms with Gasteiger partial charge < -0.3 is 8.85 Å². The first-order chi connectivity index (χ1) is 12.0. The lowest BCUT2D eigenvalue weighted by Crippen LogP contribution is -2.37. The molecule has 2 rings (SSSR count). The first-order valence-corrected chi connectivity index (χ1v) is 9.98. The fourth-order valence-electron chi connectivity index (χ4n) is 2.40. The topological polar surface area (TPSA) is 18.5 Å². The van der Waals surface area contributed by atoms with Crippen molar-refractivity contribution in [2.24, 2.45) is 0 Å². The maximum absolute atomic E-state index is 12.9. The van der Waals surface area contributed by atoms with Crippen molar-refractivity contribution < 1.29 is 22.0 Å². The number of halogens is 3. The van der Waals surface area contributed by atoms with E-state index in [2.05, 4.69) is 0 Å². The predicted molar refractivity (Wildman–Crippen MR) is 96.1 cm³/mol. The molecule has 6 heteroatoms. The van der Waals surface area contributed by atoms with Gasteiger partial charge in [-0.2, -0.15) is 13.2 Å². The monoisotopic (exact) mass is 368 g/mol. The molecule has 2 nitrogen and oxygen atoms in total. The molecule has 136 valence electrons. The lowest BCUT2D eigenvalue weighted by Gasteiger charge is -2.17. The molecule has 0 radical (unpaired) electrons. The molecule has 2 aromatic rings. The molecule has 2 aromatic carbocycles. The van der Waals surface area contributed by atoms with Gasteiger partial charge in [-0.25, -0.2) is 0 Å². The highest BCUT2D eigenvalue weighted by atomic mass is 28.3. The Bertz CT molecular complexity index is 648.